The van der Waals surface area contributed by atoms with Gasteiger partial charge in [-0.25, -0.2) is 0 Å². The highest BCUT2D eigenvalue weighted by Gasteiger charge is 2.11. The molecule has 0 aliphatic carbocycles. The van der Waals surface area contributed by atoms with Crippen LogP contribution < -0.4 is 17.0 Å². The molecular formula is C22H19N5O. The smallest absolute Gasteiger partial charge is 0.255 e. The second-order valence-corrected chi connectivity index (χ2v) is 6.47. The number of hydrogen-bond donors (Lipinski definition) is 2. The fraction of sp³-hybridized carbons (Fsp3) is 0.0455. The standard InChI is InChI=1S/C22H19N5O/c1-14-3-6-17(12-19(14)24)27-21(28)8-4-15-13-26-20-7-5-16(25-10-2-9-23)11-18(20)22(15)27/h2-13H,23-24H2,1H3. The van der Waals surface area contributed by atoms with E-state index in [1.54, 1.807) is 35.2 Å². The van der Waals surface area contributed by atoms with Gasteiger partial charge in [-0.2, -0.15) is 0 Å². The first-order valence-corrected chi connectivity index (χ1v) is 8.80. The second-order valence-electron chi connectivity index (χ2n) is 6.47. The first-order chi connectivity index (χ1) is 13.6. The number of nitrogens with two attached hydrogens (primary N) is 2. The maximum Gasteiger partial charge on any atom is 0.255 e. The van der Waals surface area contributed by atoms with Gasteiger partial charge in [0.25, 0.3) is 5.56 Å². The predicted molar refractivity (Wildman–Crippen MR) is 115 cm³/mol. The Balaban J connectivity index is 2.08. The van der Waals surface area contributed by atoms with Gasteiger partial charge >= 0.3 is 0 Å². The molecule has 6 nitrogen and oxygen atoms in total. The summed E-state index contributed by atoms with van der Waals surface area (Å²) in [5.41, 5.74) is 15.9. The molecule has 0 spiro atoms. The number of nitrogen functional groups attached to an aromatic ring is 1. The molecule has 2 aromatic heterocycles. The van der Waals surface area contributed by atoms with Crippen LogP contribution in [0.15, 0.2) is 76.8 Å². The zero-order valence-corrected chi connectivity index (χ0v) is 15.3. The molecule has 4 N–H and O–H groups in total. The molecule has 4 rings (SSSR count). The quantitative estimate of drug-likeness (QED) is 0.327. The fourth-order valence-electron chi connectivity index (χ4n) is 3.18. The Morgan fingerprint density at radius 3 is 2.75 bits per heavy atom. The van der Waals surface area contributed by atoms with Gasteiger partial charge in [0, 0.05) is 34.9 Å². The molecule has 0 radical (unpaired) electrons. The van der Waals surface area contributed by atoms with Crippen LogP contribution in [-0.4, -0.2) is 15.8 Å². The molecule has 0 bridgehead atoms. The lowest BCUT2D eigenvalue weighted by Gasteiger charge is -2.14. The number of allylic oxidation sites excluding steroid dienone is 1. The van der Waals surface area contributed by atoms with Crippen LogP contribution in [0, 0.1) is 6.92 Å². The van der Waals surface area contributed by atoms with Gasteiger partial charge in [0.2, 0.25) is 0 Å². The number of benzene rings is 2. The molecular weight excluding hydrogens is 350 g/mol. The third-order valence-electron chi connectivity index (χ3n) is 4.64. The Labute approximate surface area is 161 Å². The van der Waals surface area contributed by atoms with Gasteiger partial charge in [-0.05, 0) is 61.2 Å². The van der Waals surface area contributed by atoms with E-state index in [-0.39, 0.29) is 5.56 Å². The van der Waals surface area contributed by atoms with Crippen molar-refractivity contribution in [1.29, 1.82) is 0 Å². The van der Waals surface area contributed by atoms with Crippen molar-refractivity contribution < 1.29 is 0 Å². The van der Waals surface area contributed by atoms with Gasteiger partial charge in [0.15, 0.2) is 0 Å². The van der Waals surface area contributed by atoms with E-state index in [1.165, 1.54) is 6.20 Å². The molecule has 2 heterocycles. The van der Waals surface area contributed by atoms with Crippen molar-refractivity contribution in [3.63, 3.8) is 0 Å². The minimum atomic E-state index is -0.136. The Morgan fingerprint density at radius 2 is 1.96 bits per heavy atom. The Kier molecular flexibility index (Phi) is 4.37. The highest BCUT2D eigenvalue weighted by Crippen LogP contribution is 2.28. The average Bonchev–Trinajstić information content (AvgIpc) is 2.70. The van der Waals surface area contributed by atoms with Crippen LogP contribution in [0.25, 0.3) is 27.5 Å². The molecule has 6 heteroatoms. The summed E-state index contributed by atoms with van der Waals surface area (Å²) >= 11 is 0. The zero-order valence-electron chi connectivity index (χ0n) is 15.3. The molecule has 0 aliphatic heterocycles. The number of anilines is 1. The van der Waals surface area contributed by atoms with Crippen LogP contribution in [0.4, 0.5) is 11.4 Å². The number of aryl methyl sites for hydroxylation is 1. The summed E-state index contributed by atoms with van der Waals surface area (Å²) in [7, 11) is 0. The van der Waals surface area contributed by atoms with Crippen molar-refractivity contribution >= 4 is 39.4 Å². The van der Waals surface area contributed by atoms with Crippen molar-refractivity contribution in [2.24, 2.45) is 10.7 Å². The van der Waals surface area contributed by atoms with E-state index in [0.717, 1.165) is 33.1 Å². The molecule has 2 aromatic carbocycles. The van der Waals surface area contributed by atoms with Gasteiger partial charge in [0.1, 0.15) is 0 Å². The van der Waals surface area contributed by atoms with Crippen LogP contribution >= 0.6 is 0 Å². The maximum absolute atomic E-state index is 12.8. The molecule has 0 unspecified atom stereocenters. The van der Waals surface area contributed by atoms with Crippen LogP contribution in [0.1, 0.15) is 5.56 Å². The third kappa shape index (κ3) is 3.01. The lowest BCUT2D eigenvalue weighted by Crippen LogP contribution is -2.18. The summed E-state index contributed by atoms with van der Waals surface area (Å²) in [5.74, 6) is 0. The summed E-state index contributed by atoms with van der Waals surface area (Å²) in [5, 5.41) is 1.69. The number of nitrogens with zero attached hydrogens (tertiary/aromatic N) is 3. The van der Waals surface area contributed by atoms with Gasteiger partial charge in [-0.1, -0.05) is 6.07 Å². The second kappa shape index (κ2) is 7.00. The molecule has 4 aromatic rings. The molecule has 28 heavy (non-hydrogen) atoms. The van der Waals surface area contributed by atoms with Gasteiger partial charge in [-0.3, -0.25) is 19.3 Å². The number of aliphatic imine (C=N–C) groups is 1. The van der Waals surface area contributed by atoms with Crippen molar-refractivity contribution in [3.05, 3.63) is 82.9 Å². The molecule has 0 amide bonds. The first kappa shape index (κ1) is 17.5. The van der Waals surface area contributed by atoms with E-state index in [2.05, 4.69) is 9.98 Å². The fourth-order valence-corrected chi connectivity index (χ4v) is 3.18. The van der Waals surface area contributed by atoms with E-state index >= 15 is 0 Å². The molecule has 0 saturated carbocycles. The minimum absolute atomic E-state index is 0.136. The topological polar surface area (TPSA) is 99.3 Å². The summed E-state index contributed by atoms with van der Waals surface area (Å²) in [6.45, 7) is 1.93. The van der Waals surface area contributed by atoms with Crippen molar-refractivity contribution in [2.75, 3.05) is 5.73 Å². The Bertz CT molecular complexity index is 1320. The third-order valence-corrected chi connectivity index (χ3v) is 4.64. The Hall–Kier alpha value is -3.93. The van der Waals surface area contributed by atoms with Crippen molar-refractivity contribution in [3.8, 4) is 5.69 Å². The number of fused-ring (bicyclic) bond motifs is 3. The number of hydrogen-bond acceptors (Lipinski definition) is 5. The molecule has 0 fully saturated rings. The number of aromatic nitrogens is 2. The van der Waals surface area contributed by atoms with Gasteiger partial charge in [-0.15, -0.1) is 0 Å². The van der Waals surface area contributed by atoms with E-state index in [0.29, 0.717) is 11.4 Å². The highest BCUT2D eigenvalue weighted by molar-refractivity contribution is 6.05. The van der Waals surface area contributed by atoms with E-state index in [9.17, 15) is 4.79 Å². The van der Waals surface area contributed by atoms with Crippen LogP contribution in [0.3, 0.4) is 0 Å². The molecule has 0 aliphatic rings. The van der Waals surface area contributed by atoms with Crippen LogP contribution in [-0.2, 0) is 0 Å². The minimum Gasteiger partial charge on any atom is -0.405 e. The van der Waals surface area contributed by atoms with Crippen LogP contribution in [0.2, 0.25) is 0 Å². The monoisotopic (exact) mass is 369 g/mol. The van der Waals surface area contributed by atoms with Gasteiger partial charge < -0.3 is 11.5 Å². The summed E-state index contributed by atoms with van der Waals surface area (Å²) in [6.07, 6.45) is 6.45. The zero-order chi connectivity index (χ0) is 19.7. The first-order valence-electron chi connectivity index (χ1n) is 8.80. The normalized spacial score (nSPS) is 11.9. The SMILES string of the molecule is Cc1ccc(-n2c(=O)ccc3cnc4ccc(N=CC=CN)cc4c32)cc1N. The summed E-state index contributed by atoms with van der Waals surface area (Å²) < 4.78 is 1.67. The van der Waals surface area contributed by atoms with Crippen LogP contribution in [0.5, 0.6) is 0 Å². The van der Waals surface area contributed by atoms with E-state index in [1.807, 2.05) is 43.3 Å². The van der Waals surface area contributed by atoms with Crippen molar-refractivity contribution in [2.45, 2.75) is 6.92 Å². The molecule has 0 saturated heterocycles. The number of pyridine rings is 2. The van der Waals surface area contributed by atoms with E-state index in [4.69, 9.17) is 11.5 Å². The lowest BCUT2D eigenvalue weighted by atomic mass is 10.1. The average molecular weight is 369 g/mol. The number of rotatable bonds is 3. The van der Waals surface area contributed by atoms with Gasteiger partial charge in [0.05, 0.1) is 22.4 Å². The van der Waals surface area contributed by atoms with E-state index < -0.39 is 0 Å². The maximum atomic E-state index is 12.8. The summed E-state index contributed by atoms with van der Waals surface area (Å²) in [4.78, 5) is 21.7. The Morgan fingerprint density at radius 1 is 1.11 bits per heavy atom. The lowest BCUT2D eigenvalue weighted by molar-refractivity contribution is 1.05. The molecule has 0 atom stereocenters. The summed E-state index contributed by atoms with van der Waals surface area (Å²) in [6, 6.07) is 14.6. The largest absolute Gasteiger partial charge is 0.405 e. The highest BCUT2D eigenvalue weighted by atomic mass is 16.1. The van der Waals surface area contributed by atoms with Crippen molar-refractivity contribution in [1.82, 2.24) is 9.55 Å². The molecule has 138 valence electrons. The predicted octanol–water partition coefficient (Wildman–Crippen LogP) is 3.60.